The number of carboxylic acid groups (broad SMARTS) is 1. The summed E-state index contributed by atoms with van der Waals surface area (Å²) in [5, 5.41) is 8.49. The van der Waals surface area contributed by atoms with Crippen LogP contribution in [-0.4, -0.2) is 16.1 Å². The van der Waals surface area contributed by atoms with E-state index < -0.39 is 23.7 Å². The number of hydrogen-bond donors (Lipinski definition) is 1. The average molecular weight is 333 g/mol. The van der Waals surface area contributed by atoms with E-state index in [0.717, 1.165) is 0 Å². The number of carbonyl (C=O) groups is 1. The van der Waals surface area contributed by atoms with E-state index in [0.29, 0.717) is 0 Å². The first kappa shape index (κ1) is 11.6. The number of hydrogen-bond acceptors (Lipinski definition) is 2. The first-order valence-corrected chi connectivity index (χ1v) is 4.76. The van der Waals surface area contributed by atoms with Crippen LogP contribution in [0.3, 0.4) is 0 Å². The number of pyridine rings is 1. The van der Waals surface area contributed by atoms with Gasteiger partial charge in [-0.15, -0.1) is 0 Å². The maximum absolute atomic E-state index is 12.4. The number of alkyl halides is 2. The van der Waals surface area contributed by atoms with Crippen LogP contribution in [0.5, 0.6) is 0 Å². The molecule has 0 bridgehead atoms. The third kappa shape index (κ3) is 2.30. The van der Waals surface area contributed by atoms with Crippen LogP contribution < -0.4 is 0 Å². The van der Waals surface area contributed by atoms with Gasteiger partial charge in [0, 0.05) is 3.57 Å². The van der Waals surface area contributed by atoms with Crippen molar-refractivity contribution in [1.29, 1.82) is 0 Å². The Morgan fingerprint density at radius 1 is 1.64 bits per heavy atom. The highest BCUT2D eigenvalue weighted by molar-refractivity contribution is 14.1. The molecule has 0 aliphatic heterocycles. The van der Waals surface area contributed by atoms with Gasteiger partial charge >= 0.3 is 5.97 Å². The van der Waals surface area contributed by atoms with E-state index in [1.165, 1.54) is 6.07 Å². The van der Waals surface area contributed by atoms with E-state index in [1.54, 1.807) is 22.6 Å². The number of aromatic nitrogens is 1. The van der Waals surface area contributed by atoms with Crippen molar-refractivity contribution < 1.29 is 18.7 Å². The Labute approximate surface area is 96.2 Å². The smallest absolute Gasteiger partial charge is 0.355 e. The molecule has 0 spiro atoms. The van der Waals surface area contributed by atoms with Gasteiger partial charge in [0.2, 0.25) is 0 Å². The van der Waals surface area contributed by atoms with Gasteiger partial charge in [0.15, 0.2) is 5.69 Å². The van der Waals surface area contributed by atoms with Gasteiger partial charge in [0.05, 0.1) is 5.56 Å². The Kier molecular flexibility index (Phi) is 3.59. The minimum Gasteiger partial charge on any atom is -0.476 e. The molecule has 1 heterocycles. The van der Waals surface area contributed by atoms with Crippen molar-refractivity contribution in [2.45, 2.75) is 6.43 Å². The van der Waals surface area contributed by atoms with Crippen molar-refractivity contribution in [3.8, 4) is 0 Å². The zero-order valence-electron chi connectivity index (χ0n) is 6.47. The maximum atomic E-state index is 12.4. The quantitative estimate of drug-likeness (QED) is 0.669. The SMILES string of the molecule is O=C(O)c1nc(Cl)cc(I)c1C(F)F. The highest BCUT2D eigenvalue weighted by atomic mass is 127. The summed E-state index contributed by atoms with van der Waals surface area (Å²) in [6.07, 6.45) is -2.88. The van der Waals surface area contributed by atoms with Gasteiger partial charge in [-0.05, 0) is 28.7 Å². The molecule has 0 atom stereocenters. The summed E-state index contributed by atoms with van der Waals surface area (Å²) in [5.74, 6) is -1.51. The van der Waals surface area contributed by atoms with Crippen LogP contribution >= 0.6 is 34.2 Å². The standard InChI is InChI=1S/C7H3ClF2INO2/c8-3-1-2(11)4(6(9)10)5(12-3)7(13)14/h1,6H,(H,13,14). The fraction of sp³-hybridized carbons (Fsp3) is 0.143. The molecular weight excluding hydrogens is 330 g/mol. The molecule has 1 aromatic rings. The Balaban J connectivity index is 3.44. The second kappa shape index (κ2) is 4.35. The van der Waals surface area contributed by atoms with Crippen molar-refractivity contribution in [2.75, 3.05) is 0 Å². The molecule has 76 valence electrons. The molecule has 14 heavy (non-hydrogen) atoms. The number of aromatic carboxylic acids is 1. The fourth-order valence-corrected chi connectivity index (χ4v) is 2.03. The molecule has 0 radical (unpaired) electrons. The summed E-state index contributed by atoms with van der Waals surface area (Å²) in [4.78, 5) is 13.9. The van der Waals surface area contributed by atoms with Crippen LogP contribution in [-0.2, 0) is 0 Å². The van der Waals surface area contributed by atoms with Gasteiger partial charge in [0.1, 0.15) is 5.15 Å². The van der Waals surface area contributed by atoms with Crippen molar-refractivity contribution in [3.05, 3.63) is 26.0 Å². The molecule has 0 saturated carbocycles. The lowest BCUT2D eigenvalue weighted by Gasteiger charge is -2.06. The third-order valence-corrected chi connectivity index (χ3v) is 2.48. The van der Waals surface area contributed by atoms with Crippen LogP contribution in [0.15, 0.2) is 6.07 Å². The Hall–Kier alpha value is -0.500. The zero-order valence-corrected chi connectivity index (χ0v) is 9.38. The predicted molar refractivity (Wildman–Crippen MR) is 53.9 cm³/mol. The van der Waals surface area contributed by atoms with Crippen LogP contribution in [0.4, 0.5) is 8.78 Å². The van der Waals surface area contributed by atoms with Crippen molar-refractivity contribution >= 4 is 40.2 Å². The summed E-state index contributed by atoms with van der Waals surface area (Å²) in [6.45, 7) is 0. The topological polar surface area (TPSA) is 50.2 Å². The van der Waals surface area contributed by atoms with E-state index in [1.807, 2.05) is 0 Å². The summed E-state index contributed by atoms with van der Waals surface area (Å²) < 4.78 is 25.0. The monoisotopic (exact) mass is 333 g/mol. The van der Waals surface area contributed by atoms with Crippen LogP contribution in [0, 0.1) is 3.57 Å². The third-order valence-electron chi connectivity index (χ3n) is 1.40. The molecule has 0 aliphatic rings. The number of rotatable bonds is 2. The second-order valence-corrected chi connectivity index (χ2v) is 3.84. The van der Waals surface area contributed by atoms with Gasteiger partial charge in [-0.25, -0.2) is 18.6 Å². The molecule has 0 unspecified atom stereocenters. The summed E-state index contributed by atoms with van der Waals surface area (Å²) >= 11 is 7.04. The summed E-state index contributed by atoms with van der Waals surface area (Å²) in [7, 11) is 0. The van der Waals surface area contributed by atoms with Crippen LogP contribution in [0.1, 0.15) is 22.5 Å². The largest absolute Gasteiger partial charge is 0.476 e. The summed E-state index contributed by atoms with van der Waals surface area (Å²) in [6, 6.07) is 1.19. The number of halogens is 4. The Morgan fingerprint density at radius 3 is 2.64 bits per heavy atom. The average Bonchev–Trinajstić information content (AvgIpc) is 2.01. The molecule has 1 N–H and O–H groups in total. The Bertz CT molecular complexity index is 386. The molecule has 0 fully saturated rings. The molecule has 0 amide bonds. The minimum absolute atomic E-state index is 0.0926. The van der Waals surface area contributed by atoms with Crippen molar-refractivity contribution in [1.82, 2.24) is 4.98 Å². The lowest BCUT2D eigenvalue weighted by molar-refractivity contribution is 0.0676. The van der Waals surface area contributed by atoms with E-state index in [2.05, 4.69) is 4.98 Å². The molecule has 1 aromatic heterocycles. The Morgan fingerprint density at radius 2 is 2.21 bits per heavy atom. The van der Waals surface area contributed by atoms with Crippen LogP contribution in [0.25, 0.3) is 0 Å². The van der Waals surface area contributed by atoms with E-state index in [-0.39, 0.29) is 8.72 Å². The number of nitrogens with zero attached hydrogens (tertiary/aromatic N) is 1. The van der Waals surface area contributed by atoms with Gasteiger partial charge < -0.3 is 5.11 Å². The first-order chi connectivity index (χ1) is 6.43. The van der Waals surface area contributed by atoms with E-state index in [4.69, 9.17) is 16.7 Å². The van der Waals surface area contributed by atoms with Gasteiger partial charge in [-0.1, -0.05) is 11.6 Å². The lowest BCUT2D eigenvalue weighted by Crippen LogP contribution is -2.08. The highest BCUT2D eigenvalue weighted by Gasteiger charge is 2.23. The molecular formula is C7H3ClF2INO2. The molecule has 3 nitrogen and oxygen atoms in total. The molecule has 0 saturated heterocycles. The van der Waals surface area contributed by atoms with Gasteiger partial charge in [-0.2, -0.15) is 0 Å². The molecule has 0 aromatic carbocycles. The zero-order chi connectivity index (χ0) is 10.9. The number of carboxylic acids is 1. The normalized spacial score (nSPS) is 10.6. The fourth-order valence-electron chi connectivity index (χ4n) is 0.865. The maximum Gasteiger partial charge on any atom is 0.355 e. The lowest BCUT2D eigenvalue weighted by atomic mass is 10.2. The molecule has 1 rings (SSSR count). The van der Waals surface area contributed by atoms with Crippen molar-refractivity contribution in [3.63, 3.8) is 0 Å². The van der Waals surface area contributed by atoms with Gasteiger partial charge in [0.25, 0.3) is 6.43 Å². The molecule has 7 heteroatoms. The van der Waals surface area contributed by atoms with Crippen molar-refractivity contribution in [2.24, 2.45) is 0 Å². The first-order valence-electron chi connectivity index (χ1n) is 3.31. The second-order valence-electron chi connectivity index (χ2n) is 2.29. The van der Waals surface area contributed by atoms with Crippen LogP contribution in [0.2, 0.25) is 5.15 Å². The predicted octanol–water partition coefficient (Wildman–Crippen LogP) is 2.98. The minimum atomic E-state index is -2.88. The van der Waals surface area contributed by atoms with Gasteiger partial charge in [-0.3, -0.25) is 0 Å². The highest BCUT2D eigenvalue weighted by Crippen LogP contribution is 2.28. The van der Waals surface area contributed by atoms with E-state index in [9.17, 15) is 13.6 Å². The van der Waals surface area contributed by atoms with E-state index >= 15 is 0 Å². The molecule has 0 aliphatic carbocycles. The summed E-state index contributed by atoms with van der Waals surface area (Å²) in [5.41, 5.74) is -1.29.